The number of para-hydroxylation sites is 1. The van der Waals surface area contributed by atoms with E-state index in [9.17, 15) is 4.79 Å². The van der Waals surface area contributed by atoms with Gasteiger partial charge in [0, 0.05) is 19.4 Å². The van der Waals surface area contributed by atoms with E-state index in [1.165, 1.54) is 0 Å². The number of hydrogen-bond donors (Lipinski definition) is 1. The molecule has 0 aliphatic carbocycles. The van der Waals surface area contributed by atoms with Gasteiger partial charge in [-0.25, -0.2) is 4.98 Å². The molecule has 0 radical (unpaired) electrons. The van der Waals surface area contributed by atoms with Crippen molar-refractivity contribution in [1.29, 1.82) is 0 Å². The van der Waals surface area contributed by atoms with Crippen LogP contribution in [0, 0.1) is 6.92 Å². The van der Waals surface area contributed by atoms with Gasteiger partial charge in [0.25, 0.3) is 0 Å². The van der Waals surface area contributed by atoms with E-state index in [2.05, 4.69) is 16.4 Å². The predicted octanol–water partition coefficient (Wildman–Crippen LogP) is 3.40. The van der Waals surface area contributed by atoms with Crippen LogP contribution in [0.25, 0.3) is 0 Å². The number of hydrogen-bond acceptors (Lipinski definition) is 3. The van der Waals surface area contributed by atoms with Crippen molar-refractivity contribution in [3.8, 4) is 5.75 Å². The molecular weight excluding hydrogens is 326 g/mol. The lowest BCUT2D eigenvalue weighted by Crippen LogP contribution is -2.32. The highest BCUT2D eigenvalue weighted by molar-refractivity contribution is 5.77. The Balaban J connectivity index is 1.67. The lowest BCUT2D eigenvalue weighted by Gasteiger charge is -2.19. The van der Waals surface area contributed by atoms with Crippen molar-refractivity contribution in [2.45, 2.75) is 19.4 Å². The number of amides is 1. The lowest BCUT2D eigenvalue weighted by molar-refractivity contribution is -0.122. The minimum atomic E-state index is -0.292. The monoisotopic (exact) mass is 349 g/mol. The molecular formula is C21H23N3O2. The van der Waals surface area contributed by atoms with Crippen LogP contribution in [0.4, 0.5) is 0 Å². The molecule has 1 unspecified atom stereocenters. The molecule has 0 saturated heterocycles. The topological polar surface area (TPSA) is 56.1 Å². The van der Waals surface area contributed by atoms with Crippen molar-refractivity contribution >= 4 is 5.91 Å². The summed E-state index contributed by atoms with van der Waals surface area (Å²) in [5, 5.41) is 3.09. The zero-order valence-electron chi connectivity index (χ0n) is 15.1. The molecule has 0 fully saturated rings. The third-order valence-electron chi connectivity index (χ3n) is 4.14. The molecule has 26 heavy (non-hydrogen) atoms. The summed E-state index contributed by atoms with van der Waals surface area (Å²) in [6, 6.07) is 17.3. The minimum Gasteiger partial charge on any atom is -0.493 e. The molecule has 3 aromatic rings. The number of rotatable bonds is 7. The van der Waals surface area contributed by atoms with Gasteiger partial charge in [-0.05, 0) is 24.6 Å². The van der Waals surface area contributed by atoms with Crippen LogP contribution in [0.2, 0.25) is 0 Å². The van der Waals surface area contributed by atoms with E-state index in [4.69, 9.17) is 4.74 Å². The normalized spacial score (nSPS) is 11.8. The van der Waals surface area contributed by atoms with Gasteiger partial charge >= 0.3 is 0 Å². The molecule has 0 bridgehead atoms. The summed E-state index contributed by atoms with van der Waals surface area (Å²) < 4.78 is 7.54. The Morgan fingerprint density at radius 3 is 2.69 bits per heavy atom. The highest BCUT2D eigenvalue weighted by Crippen LogP contribution is 2.21. The molecule has 1 N–H and O–H groups in total. The van der Waals surface area contributed by atoms with E-state index in [0.29, 0.717) is 6.61 Å². The standard InChI is InChI=1S/C21H23N3O2/c1-16-7-6-8-17(15-16)20(21-22-12-13-24(21)2)23-19(25)11-14-26-18-9-4-3-5-10-18/h3-10,12-13,15,20H,11,14H2,1-2H3,(H,23,25). The average Bonchev–Trinajstić information content (AvgIpc) is 3.06. The zero-order chi connectivity index (χ0) is 18.4. The molecule has 1 amide bonds. The lowest BCUT2D eigenvalue weighted by atomic mass is 10.0. The molecule has 0 aliphatic heterocycles. The van der Waals surface area contributed by atoms with Gasteiger partial charge in [-0.1, -0.05) is 48.0 Å². The van der Waals surface area contributed by atoms with Crippen LogP contribution in [-0.2, 0) is 11.8 Å². The second-order valence-corrected chi connectivity index (χ2v) is 6.22. The molecule has 1 atom stereocenters. The molecule has 5 heteroatoms. The van der Waals surface area contributed by atoms with Gasteiger partial charge in [0.05, 0.1) is 13.0 Å². The van der Waals surface area contributed by atoms with Gasteiger partial charge in [0.15, 0.2) is 0 Å². The third-order valence-corrected chi connectivity index (χ3v) is 4.14. The number of aromatic nitrogens is 2. The number of nitrogens with one attached hydrogen (secondary N) is 1. The van der Waals surface area contributed by atoms with E-state index >= 15 is 0 Å². The van der Waals surface area contributed by atoms with Gasteiger partial charge in [0.2, 0.25) is 5.91 Å². The molecule has 0 saturated carbocycles. The summed E-state index contributed by atoms with van der Waals surface area (Å²) in [6.45, 7) is 2.37. The van der Waals surface area contributed by atoms with E-state index in [-0.39, 0.29) is 18.4 Å². The fourth-order valence-electron chi connectivity index (χ4n) is 2.81. The number of ether oxygens (including phenoxy) is 1. The summed E-state index contributed by atoms with van der Waals surface area (Å²) in [4.78, 5) is 16.9. The Morgan fingerprint density at radius 1 is 1.19 bits per heavy atom. The third kappa shape index (κ3) is 4.51. The number of benzene rings is 2. The molecule has 134 valence electrons. The van der Waals surface area contributed by atoms with Gasteiger partial charge in [-0.15, -0.1) is 0 Å². The van der Waals surface area contributed by atoms with Crippen LogP contribution in [0.3, 0.4) is 0 Å². The van der Waals surface area contributed by atoms with Crippen LogP contribution in [0.5, 0.6) is 5.75 Å². The van der Waals surface area contributed by atoms with Crippen molar-refractivity contribution in [3.63, 3.8) is 0 Å². The first-order valence-electron chi connectivity index (χ1n) is 8.64. The number of imidazole rings is 1. The molecule has 0 spiro atoms. The predicted molar refractivity (Wildman–Crippen MR) is 101 cm³/mol. The highest BCUT2D eigenvalue weighted by atomic mass is 16.5. The second kappa shape index (κ2) is 8.34. The quantitative estimate of drug-likeness (QED) is 0.711. The Hall–Kier alpha value is -3.08. The summed E-state index contributed by atoms with van der Waals surface area (Å²) >= 11 is 0. The van der Waals surface area contributed by atoms with Gasteiger partial charge in [-0.3, -0.25) is 4.79 Å². The smallest absolute Gasteiger partial charge is 0.224 e. The minimum absolute atomic E-state index is 0.0737. The van der Waals surface area contributed by atoms with Crippen molar-refractivity contribution in [3.05, 3.63) is 83.9 Å². The largest absolute Gasteiger partial charge is 0.493 e. The SMILES string of the molecule is Cc1cccc(C(NC(=O)CCOc2ccccc2)c2nccn2C)c1. The van der Waals surface area contributed by atoms with E-state index < -0.39 is 0 Å². The first-order chi connectivity index (χ1) is 12.6. The highest BCUT2D eigenvalue weighted by Gasteiger charge is 2.20. The Morgan fingerprint density at radius 2 is 2.00 bits per heavy atom. The first kappa shape index (κ1) is 17.7. The van der Waals surface area contributed by atoms with Crippen molar-refractivity contribution in [2.24, 2.45) is 7.05 Å². The van der Waals surface area contributed by atoms with E-state index in [1.807, 2.05) is 73.3 Å². The molecule has 5 nitrogen and oxygen atoms in total. The van der Waals surface area contributed by atoms with Crippen LogP contribution >= 0.6 is 0 Å². The van der Waals surface area contributed by atoms with Crippen LogP contribution in [0.15, 0.2) is 67.0 Å². The fourth-order valence-corrected chi connectivity index (χ4v) is 2.81. The molecule has 2 aromatic carbocycles. The average molecular weight is 349 g/mol. The molecule has 3 rings (SSSR count). The molecule has 0 aliphatic rings. The van der Waals surface area contributed by atoms with Gasteiger partial charge < -0.3 is 14.6 Å². The van der Waals surface area contributed by atoms with Gasteiger partial charge in [0.1, 0.15) is 17.6 Å². The Labute approximate surface area is 153 Å². The molecule has 1 heterocycles. The van der Waals surface area contributed by atoms with Crippen LogP contribution < -0.4 is 10.1 Å². The maximum absolute atomic E-state index is 12.5. The number of carbonyl (C=O) groups is 1. The van der Waals surface area contributed by atoms with E-state index in [0.717, 1.165) is 22.7 Å². The Kier molecular flexibility index (Phi) is 5.69. The first-order valence-corrected chi connectivity index (χ1v) is 8.64. The maximum Gasteiger partial charge on any atom is 0.224 e. The van der Waals surface area contributed by atoms with Crippen LogP contribution in [0.1, 0.15) is 29.4 Å². The van der Waals surface area contributed by atoms with E-state index in [1.54, 1.807) is 6.20 Å². The van der Waals surface area contributed by atoms with Crippen molar-refractivity contribution in [1.82, 2.24) is 14.9 Å². The second-order valence-electron chi connectivity index (χ2n) is 6.22. The van der Waals surface area contributed by atoms with Gasteiger partial charge in [-0.2, -0.15) is 0 Å². The van der Waals surface area contributed by atoms with Crippen LogP contribution in [-0.4, -0.2) is 22.1 Å². The summed E-state index contributed by atoms with van der Waals surface area (Å²) in [5.41, 5.74) is 2.15. The molecule has 1 aromatic heterocycles. The zero-order valence-corrected chi connectivity index (χ0v) is 15.1. The maximum atomic E-state index is 12.5. The number of nitrogens with zero attached hydrogens (tertiary/aromatic N) is 2. The van der Waals surface area contributed by atoms with Crippen molar-refractivity contribution < 1.29 is 9.53 Å². The summed E-state index contributed by atoms with van der Waals surface area (Å²) in [5.74, 6) is 1.49. The number of carbonyl (C=O) groups excluding carboxylic acids is 1. The number of aryl methyl sites for hydroxylation is 2. The Bertz CT molecular complexity index is 858. The van der Waals surface area contributed by atoms with Crippen molar-refractivity contribution in [2.75, 3.05) is 6.61 Å². The summed E-state index contributed by atoms with van der Waals surface area (Å²) in [7, 11) is 1.93. The fraction of sp³-hybridized carbons (Fsp3) is 0.238. The summed E-state index contributed by atoms with van der Waals surface area (Å²) in [6.07, 6.45) is 3.90.